The average molecular weight is 461 g/mol. The van der Waals surface area contributed by atoms with Crippen LogP contribution in [0.4, 0.5) is 0 Å². The maximum atomic E-state index is 12.9. The van der Waals surface area contributed by atoms with E-state index in [9.17, 15) is 14.7 Å². The van der Waals surface area contributed by atoms with E-state index >= 15 is 0 Å². The zero-order valence-corrected chi connectivity index (χ0v) is 19.7. The minimum atomic E-state index is -0.998. The van der Waals surface area contributed by atoms with Gasteiger partial charge in [-0.25, -0.2) is 14.5 Å². The summed E-state index contributed by atoms with van der Waals surface area (Å²) in [6.45, 7) is 2.87. The third-order valence-electron chi connectivity index (χ3n) is 6.55. The van der Waals surface area contributed by atoms with Crippen molar-refractivity contribution in [3.63, 3.8) is 0 Å². The number of Topliss-reactive ketones (excluding diaryl/α,β-unsaturated/α-hetero) is 1. The lowest BCUT2D eigenvalue weighted by Crippen LogP contribution is -2.13. The van der Waals surface area contributed by atoms with Crippen LogP contribution in [-0.4, -0.2) is 36.6 Å². The standard InChI is InChI=1S/C27H32N4O3/c1-2-3-16-31-24(29-26(30-31)23(32)17-19-8-5-4-6-9-19)18-20-11-13-21(14-12-20)25-22(27(33)34)10-7-15-28-25/h7,10-15,19H,2-6,8-9,16-18H2,1H3,(H,33,34). The first-order chi connectivity index (χ1) is 16.5. The van der Waals surface area contributed by atoms with Gasteiger partial charge in [-0.1, -0.05) is 69.7 Å². The van der Waals surface area contributed by atoms with Crippen LogP contribution in [0.15, 0.2) is 42.6 Å². The Hall–Kier alpha value is -3.35. The zero-order chi connectivity index (χ0) is 23.9. The second-order valence-corrected chi connectivity index (χ2v) is 9.14. The van der Waals surface area contributed by atoms with Gasteiger partial charge < -0.3 is 5.11 Å². The molecule has 4 rings (SSSR count). The average Bonchev–Trinajstić information content (AvgIpc) is 3.26. The van der Waals surface area contributed by atoms with Crippen LogP contribution in [0.3, 0.4) is 0 Å². The molecule has 0 saturated heterocycles. The van der Waals surface area contributed by atoms with Gasteiger partial charge in [0.15, 0.2) is 0 Å². The molecular formula is C27H32N4O3. The Morgan fingerprint density at radius 3 is 2.56 bits per heavy atom. The van der Waals surface area contributed by atoms with Crippen molar-refractivity contribution in [1.29, 1.82) is 0 Å². The number of hydrogen-bond donors (Lipinski definition) is 1. The van der Waals surface area contributed by atoms with E-state index in [1.54, 1.807) is 18.3 Å². The first-order valence-electron chi connectivity index (χ1n) is 12.3. The van der Waals surface area contributed by atoms with Crippen molar-refractivity contribution in [2.75, 3.05) is 0 Å². The molecule has 1 N–H and O–H groups in total. The van der Waals surface area contributed by atoms with E-state index in [4.69, 9.17) is 0 Å². The first kappa shape index (κ1) is 23.8. The molecule has 0 radical (unpaired) electrons. The Balaban J connectivity index is 1.52. The van der Waals surface area contributed by atoms with E-state index in [1.165, 1.54) is 19.3 Å². The molecule has 1 saturated carbocycles. The molecule has 0 unspecified atom stereocenters. The lowest BCUT2D eigenvalue weighted by Gasteiger charge is -2.19. The van der Waals surface area contributed by atoms with Gasteiger partial charge in [-0.3, -0.25) is 9.78 Å². The third kappa shape index (κ3) is 5.76. The smallest absolute Gasteiger partial charge is 0.337 e. The summed E-state index contributed by atoms with van der Waals surface area (Å²) in [6.07, 6.45) is 10.7. The predicted octanol–water partition coefficient (Wildman–Crippen LogP) is 5.58. The minimum absolute atomic E-state index is 0.0510. The fourth-order valence-electron chi connectivity index (χ4n) is 4.63. The number of aryl methyl sites for hydroxylation is 1. The van der Waals surface area contributed by atoms with Crippen LogP contribution in [-0.2, 0) is 13.0 Å². The van der Waals surface area contributed by atoms with Gasteiger partial charge in [0.05, 0.1) is 11.3 Å². The molecule has 0 aliphatic heterocycles. The van der Waals surface area contributed by atoms with Crippen LogP contribution in [0.5, 0.6) is 0 Å². The fraction of sp³-hybridized carbons (Fsp3) is 0.444. The molecule has 0 spiro atoms. The quantitative estimate of drug-likeness (QED) is 0.397. The van der Waals surface area contributed by atoms with Crippen LogP contribution in [0.25, 0.3) is 11.3 Å². The van der Waals surface area contributed by atoms with Crippen LogP contribution >= 0.6 is 0 Å². The monoisotopic (exact) mass is 460 g/mol. The van der Waals surface area contributed by atoms with Crippen molar-refractivity contribution in [1.82, 2.24) is 19.7 Å². The van der Waals surface area contributed by atoms with Gasteiger partial charge in [0, 0.05) is 31.1 Å². The van der Waals surface area contributed by atoms with Gasteiger partial charge >= 0.3 is 5.97 Å². The molecule has 1 fully saturated rings. The molecule has 34 heavy (non-hydrogen) atoms. The summed E-state index contributed by atoms with van der Waals surface area (Å²) in [4.78, 5) is 33.3. The molecular weight excluding hydrogens is 428 g/mol. The zero-order valence-electron chi connectivity index (χ0n) is 19.7. The highest BCUT2D eigenvalue weighted by Crippen LogP contribution is 2.27. The summed E-state index contributed by atoms with van der Waals surface area (Å²) in [5, 5.41) is 14.0. The summed E-state index contributed by atoms with van der Waals surface area (Å²) in [6, 6.07) is 10.9. The second-order valence-electron chi connectivity index (χ2n) is 9.14. The fourth-order valence-corrected chi connectivity index (χ4v) is 4.63. The SMILES string of the molecule is CCCCn1nc(C(=O)CC2CCCCC2)nc1Cc1ccc(-c2ncccc2C(=O)O)cc1. The third-order valence-corrected chi connectivity index (χ3v) is 6.55. The van der Waals surface area contributed by atoms with E-state index in [0.717, 1.165) is 49.2 Å². The molecule has 178 valence electrons. The van der Waals surface area contributed by atoms with Gasteiger partial charge in [0.1, 0.15) is 5.82 Å². The number of aromatic carboxylic acids is 1. The molecule has 2 aromatic heterocycles. The van der Waals surface area contributed by atoms with Crippen molar-refractivity contribution in [3.05, 3.63) is 65.4 Å². The van der Waals surface area contributed by atoms with Gasteiger partial charge in [0.2, 0.25) is 11.6 Å². The number of carbonyl (C=O) groups excluding carboxylic acids is 1. The Morgan fingerprint density at radius 2 is 1.85 bits per heavy atom. The summed E-state index contributed by atoms with van der Waals surface area (Å²) in [5.74, 6) is 0.643. The number of benzene rings is 1. The Bertz CT molecular complexity index is 1130. The Labute approximate surface area is 200 Å². The highest BCUT2D eigenvalue weighted by molar-refractivity contribution is 5.94. The highest BCUT2D eigenvalue weighted by atomic mass is 16.4. The second kappa shape index (κ2) is 11.2. The van der Waals surface area contributed by atoms with Crippen molar-refractivity contribution in [3.8, 4) is 11.3 Å². The molecule has 2 heterocycles. The highest BCUT2D eigenvalue weighted by Gasteiger charge is 2.22. The lowest BCUT2D eigenvalue weighted by atomic mass is 9.86. The van der Waals surface area contributed by atoms with Gasteiger partial charge in [-0.2, -0.15) is 0 Å². The van der Waals surface area contributed by atoms with Crippen molar-refractivity contribution >= 4 is 11.8 Å². The molecule has 7 heteroatoms. The van der Waals surface area contributed by atoms with Gasteiger partial charge in [-0.05, 0) is 30.0 Å². The van der Waals surface area contributed by atoms with E-state index in [0.29, 0.717) is 30.3 Å². The molecule has 7 nitrogen and oxygen atoms in total. The molecule has 0 amide bonds. The van der Waals surface area contributed by atoms with Crippen LogP contribution in [0.2, 0.25) is 0 Å². The summed E-state index contributed by atoms with van der Waals surface area (Å²) in [5.41, 5.74) is 2.39. The number of nitrogens with zero attached hydrogens (tertiary/aromatic N) is 4. The minimum Gasteiger partial charge on any atom is -0.478 e. The number of pyridine rings is 1. The van der Waals surface area contributed by atoms with E-state index in [2.05, 4.69) is 22.0 Å². The van der Waals surface area contributed by atoms with Crippen molar-refractivity contribution < 1.29 is 14.7 Å². The summed E-state index contributed by atoms with van der Waals surface area (Å²) >= 11 is 0. The van der Waals surface area contributed by atoms with E-state index < -0.39 is 5.97 Å². The topological polar surface area (TPSA) is 98.0 Å². The Morgan fingerprint density at radius 1 is 1.09 bits per heavy atom. The summed E-state index contributed by atoms with van der Waals surface area (Å²) < 4.78 is 1.88. The Kier molecular flexibility index (Phi) is 7.83. The normalized spacial score (nSPS) is 14.3. The molecule has 0 atom stereocenters. The number of aromatic nitrogens is 4. The maximum absolute atomic E-state index is 12.9. The van der Waals surface area contributed by atoms with Crippen molar-refractivity contribution in [2.24, 2.45) is 5.92 Å². The molecule has 1 aliphatic rings. The number of ketones is 1. The predicted molar refractivity (Wildman–Crippen MR) is 130 cm³/mol. The van der Waals surface area contributed by atoms with Crippen LogP contribution in [0, 0.1) is 5.92 Å². The molecule has 1 aliphatic carbocycles. The van der Waals surface area contributed by atoms with Gasteiger partial charge in [0.25, 0.3) is 0 Å². The molecule has 1 aromatic carbocycles. The number of hydrogen-bond acceptors (Lipinski definition) is 5. The van der Waals surface area contributed by atoms with E-state index in [-0.39, 0.29) is 11.3 Å². The number of carboxylic acid groups (broad SMARTS) is 1. The molecule has 3 aromatic rings. The largest absolute Gasteiger partial charge is 0.478 e. The number of unbranched alkanes of at least 4 members (excludes halogenated alkanes) is 1. The van der Waals surface area contributed by atoms with Crippen LogP contribution in [0.1, 0.15) is 90.7 Å². The van der Waals surface area contributed by atoms with Gasteiger partial charge in [-0.15, -0.1) is 5.10 Å². The number of carbonyl (C=O) groups is 2. The lowest BCUT2D eigenvalue weighted by molar-refractivity contribution is 0.0697. The maximum Gasteiger partial charge on any atom is 0.337 e. The van der Waals surface area contributed by atoms with Crippen LogP contribution < -0.4 is 0 Å². The summed E-state index contributed by atoms with van der Waals surface area (Å²) in [7, 11) is 0. The van der Waals surface area contributed by atoms with Crippen molar-refractivity contribution in [2.45, 2.75) is 71.3 Å². The molecule has 0 bridgehead atoms. The number of carboxylic acids is 1. The number of rotatable bonds is 10. The first-order valence-corrected chi connectivity index (χ1v) is 12.3. The van der Waals surface area contributed by atoms with E-state index in [1.807, 2.05) is 28.9 Å².